The zero-order chi connectivity index (χ0) is 13.8. The van der Waals surface area contributed by atoms with Crippen LogP contribution in [0.15, 0.2) is 0 Å². The van der Waals surface area contributed by atoms with Gasteiger partial charge in [-0.1, -0.05) is 0 Å². The van der Waals surface area contributed by atoms with Crippen LogP contribution < -0.4 is 5.32 Å². The van der Waals surface area contributed by atoms with Crippen molar-refractivity contribution >= 4 is 0 Å². The van der Waals surface area contributed by atoms with E-state index in [1.807, 2.05) is 0 Å². The zero-order valence-corrected chi connectivity index (χ0v) is 12.5. The van der Waals surface area contributed by atoms with Gasteiger partial charge in [-0.25, -0.2) is 0 Å². The minimum atomic E-state index is -0.0747. The van der Waals surface area contributed by atoms with Crippen molar-refractivity contribution in [3.05, 3.63) is 0 Å². The predicted molar refractivity (Wildman–Crippen MR) is 75.4 cm³/mol. The SMILES string of the molecule is CC(C)NC(C#N)CN(C)CC1(N(C)C)CCC1. The third-order valence-corrected chi connectivity index (χ3v) is 3.98. The fourth-order valence-electron chi connectivity index (χ4n) is 2.74. The number of nitrogens with one attached hydrogen (secondary N) is 1. The first kappa shape index (κ1) is 15.4. The van der Waals surface area contributed by atoms with E-state index in [0.717, 1.165) is 13.1 Å². The summed E-state index contributed by atoms with van der Waals surface area (Å²) in [5, 5.41) is 12.4. The number of hydrogen-bond acceptors (Lipinski definition) is 4. The molecule has 0 aromatic heterocycles. The normalized spacial score (nSPS) is 19.9. The van der Waals surface area contributed by atoms with E-state index in [2.05, 4.69) is 56.2 Å². The van der Waals surface area contributed by atoms with Crippen molar-refractivity contribution in [1.82, 2.24) is 15.1 Å². The molecule has 1 atom stereocenters. The van der Waals surface area contributed by atoms with Crippen molar-refractivity contribution in [3.8, 4) is 6.07 Å². The lowest BCUT2D eigenvalue weighted by atomic mass is 9.75. The van der Waals surface area contributed by atoms with Crippen molar-refractivity contribution in [2.45, 2.75) is 50.7 Å². The van der Waals surface area contributed by atoms with Gasteiger partial charge in [-0.05, 0) is 54.3 Å². The number of nitriles is 1. The van der Waals surface area contributed by atoms with Gasteiger partial charge in [-0.3, -0.25) is 5.32 Å². The highest BCUT2D eigenvalue weighted by molar-refractivity contribution is 4.99. The summed E-state index contributed by atoms with van der Waals surface area (Å²) >= 11 is 0. The van der Waals surface area contributed by atoms with Crippen LogP contribution in [0.5, 0.6) is 0 Å². The molecule has 0 heterocycles. The Morgan fingerprint density at radius 3 is 2.22 bits per heavy atom. The monoisotopic (exact) mass is 252 g/mol. The van der Waals surface area contributed by atoms with E-state index >= 15 is 0 Å². The molecule has 1 unspecified atom stereocenters. The quantitative estimate of drug-likeness (QED) is 0.741. The van der Waals surface area contributed by atoms with Gasteiger partial charge in [0.2, 0.25) is 0 Å². The molecule has 0 spiro atoms. The van der Waals surface area contributed by atoms with Crippen molar-refractivity contribution in [1.29, 1.82) is 5.26 Å². The first-order valence-corrected chi connectivity index (χ1v) is 6.91. The van der Waals surface area contributed by atoms with Gasteiger partial charge in [-0.15, -0.1) is 0 Å². The molecule has 0 aliphatic heterocycles. The first-order valence-electron chi connectivity index (χ1n) is 6.91. The minimum Gasteiger partial charge on any atom is -0.302 e. The highest BCUT2D eigenvalue weighted by atomic mass is 15.2. The van der Waals surface area contributed by atoms with Crippen LogP contribution in [0, 0.1) is 11.3 Å². The summed E-state index contributed by atoms with van der Waals surface area (Å²) in [6.07, 6.45) is 3.89. The smallest absolute Gasteiger partial charge is 0.108 e. The van der Waals surface area contributed by atoms with Gasteiger partial charge in [0.25, 0.3) is 0 Å². The Hall–Kier alpha value is -0.630. The number of rotatable bonds is 7. The van der Waals surface area contributed by atoms with E-state index in [9.17, 15) is 0 Å². The number of likely N-dealkylation sites (N-methyl/N-ethyl adjacent to an activating group) is 2. The molecule has 0 radical (unpaired) electrons. The topological polar surface area (TPSA) is 42.3 Å². The van der Waals surface area contributed by atoms with E-state index in [0.29, 0.717) is 11.6 Å². The number of nitrogens with zero attached hydrogens (tertiary/aromatic N) is 3. The van der Waals surface area contributed by atoms with E-state index in [-0.39, 0.29) is 6.04 Å². The molecule has 4 nitrogen and oxygen atoms in total. The van der Waals surface area contributed by atoms with Gasteiger partial charge < -0.3 is 9.80 Å². The van der Waals surface area contributed by atoms with Crippen LogP contribution in [0.4, 0.5) is 0 Å². The fourth-order valence-corrected chi connectivity index (χ4v) is 2.74. The largest absolute Gasteiger partial charge is 0.302 e. The van der Waals surface area contributed by atoms with E-state index in [4.69, 9.17) is 5.26 Å². The standard InChI is InChI=1S/C14H28N4/c1-12(2)16-13(9-15)10-18(5)11-14(17(3)4)7-6-8-14/h12-13,16H,6-8,10-11H2,1-5H3. The summed E-state index contributed by atoms with van der Waals surface area (Å²) in [6.45, 7) is 6.01. The summed E-state index contributed by atoms with van der Waals surface area (Å²) in [6, 6.07) is 2.63. The molecule has 4 heteroatoms. The van der Waals surface area contributed by atoms with Crippen LogP contribution >= 0.6 is 0 Å². The molecule has 104 valence electrons. The van der Waals surface area contributed by atoms with Gasteiger partial charge >= 0.3 is 0 Å². The molecule has 0 aromatic rings. The molecule has 1 aliphatic carbocycles. The van der Waals surface area contributed by atoms with Gasteiger partial charge in [0, 0.05) is 24.7 Å². The molecule has 0 aromatic carbocycles. The molecule has 0 amide bonds. The average molecular weight is 252 g/mol. The second-order valence-electron chi connectivity index (χ2n) is 6.17. The average Bonchev–Trinajstić information content (AvgIpc) is 2.21. The Kier molecular flexibility index (Phi) is 5.58. The van der Waals surface area contributed by atoms with Gasteiger partial charge in [0.1, 0.15) is 6.04 Å². The van der Waals surface area contributed by atoms with Crippen LogP contribution in [0.3, 0.4) is 0 Å². The highest BCUT2D eigenvalue weighted by Crippen LogP contribution is 2.36. The van der Waals surface area contributed by atoms with E-state index in [1.165, 1.54) is 19.3 Å². The molecule has 1 saturated carbocycles. The van der Waals surface area contributed by atoms with E-state index < -0.39 is 0 Å². The van der Waals surface area contributed by atoms with Crippen LogP contribution in [0.25, 0.3) is 0 Å². The molecule has 18 heavy (non-hydrogen) atoms. The summed E-state index contributed by atoms with van der Waals surface area (Å²) in [4.78, 5) is 4.65. The fraction of sp³-hybridized carbons (Fsp3) is 0.929. The van der Waals surface area contributed by atoms with Crippen LogP contribution in [0.2, 0.25) is 0 Å². The lowest BCUT2D eigenvalue weighted by Crippen LogP contribution is -2.57. The molecule has 1 rings (SSSR count). The summed E-state index contributed by atoms with van der Waals surface area (Å²) in [5.41, 5.74) is 0.340. The Labute approximate surface area is 112 Å². The Bertz CT molecular complexity index is 289. The zero-order valence-electron chi connectivity index (χ0n) is 12.5. The molecule has 1 aliphatic rings. The summed E-state index contributed by atoms with van der Waals surface area (Å²) < 4.78 is 0. The second-order valence-corrected chi connectivity index (χ2v) is 6.17. The third kappa shape index (κ3) is 3.94. The molecular weight excluding hydrogens is 224 g/mol. The van der Waals surface area contributed by atoms with Crippen LogP contribution in [0.1, 0.15) is 33.1 Å². The first-order chi connectivity index (χ1) is 8.39. The van der Waals surface area contributed by atoms with Crippen molar-refractivity contribution in [3.63, 3.8) is 0 Å². The maximum Gasteiger partial charge on any atom is 0.108 e. The van der Waals surface area contributed by atoms with Crippen molar-refractivity contribution in [2.24, 2.45) is 0 Å². The second kappa shape index (κ2) is 6.51. The molecule has 1 fully saturated rings. The Morgan fingerprint density at radius 2 is 1.89 bits per heavy atom. The lowest BCUT2D eigenvalue weighted by molar-refractivity contribution is 0.0267. The predicted octanol–water partition coefficient (Wildman–Crippen LogP) is 1.29. The van der Waals surface area contributed by atoms with Crippen LogP contribution in [-0.4, -0.2) is 61.7 Å². The molecule has 0 bridgehead atoms. The lowest BCUT2D eigenvalue weighted by Gasteiger charge is -2.49. The Balaban J connectivity index is 2.45. The van der Waals surface area contributed by atoms with E-state index in [1.54, 1.807) is 0 Å². The van der Waals surface area contributed by atoms with Gasteiger partial charge in [0.15, 0.2) is 0 Å². The molecule has 0 saturated heterocycles. The Morgan fingerprint density at radius 1 is 1.28 bits per heavy atom. The highest BCUT2D eigenvalue weighted by Gasteiger charge is 2.39. The molecular formula is C14H28N4. The number of hydrogen-bond donors (Lipinski definition) is 1. The maximum atomic E-state index is 9.15. The minimum absolute atomic E-state index is 0.0747. The summed E-state index contributed by atoms with van der Waals surface area (Å²) in [5.74, 6) is 0. The molecule has 1 N–H and O–H groups in total. The maximum absolute atomic E-state index is 9.15. The van der Waals surface area contributed by atoms with Gasteiger partial charge in [-0.2, -0.15) is 5.26 Å². The van der Waals surface area contributed by atoms with Crippen LogP contribution in [-0.2, 0) is 0 Å². The van der Waals surface area contributed by atoms with Gasteiger partial charge in [0.05, 0.1) is 6.07 Å². The van der Waals surface area contributed by atoms with Crippen molar-refractivity contribution in [2.75, 3.05) is 34.2 Å². The third-order valence-electron chi connectivity index (χ3n) is 3.98. The summed E-state index contributed by atoms with van der Waals surface area (Å²) in [7, 11) is 6.46. The van der Waals surface area contributed by atoms with Crippen molar-refractivity contribution < 1.29 is 0 Å².